The second kappa shape index (κ2) is 9.39. The Bertz CT molecular complexity index is 384. The van der Waals surface area contributed by atoms with Gasteiger partial charge < -0.3 is 15.8 Å². The zero-order valence-electron chi connectivity index (χ0n) is 13.0. The first-order valence-corrected chi connectivity index (χ1v) is 7.68. The molecule has 0 aliphatic heterocycles. The third kappa shape index (κ3) is 5.63. The predicted molar refractivity (Wildman–Crippen MR) is 84.1 cm³/mol. The van der Waals surface area contributed by atoms with E-state index in [9.17, 15) is 0 Å². The number of ether oxygens (including phenoxy) is 1. The van der Waals surface area contributed by atoms with Gasteiger partial charge in [-0.3, -0.25) is 0 Å². The SMILES string of the molecule is CCCCCCC(C)Nc1ncnc(OCCC)c1N. The molecule has 0 saturated carbocycles. The Balaban J connectivity index is 2.49. The van der Waals surface area contributed by atoms with Gasteiger partial charge in [0.05, 0.1) is 6.61 Å². The van der Waals surface area contributed by atoms with Crippen molar-refractivity contribution in [3.8, 4) is 5.88 Å². The summed E-state index contributed by atoms with van der Waals surface area (Å²) in [5, 5.41) is 3.35. The lowest BCUT2D eigenvalue weighted by molar-refractivity contribution is 0.306. The van der Waals surface area contributed by atoms with E-state index in [0.717, 1.165) is 12.8 Å². The fraction of sp³-hybridized carbons (Fsp3) is 0.733. The molecule has 0 bridgehead atoms. The van der Waals surface area contributed by atoms with Gasteiger partial charge in [0.2, 0.25) is 5.88 Å². The lowest BCUT2D eigenvalue weighted by Crippen LogP contribution is -2.17. The molecular weight excluding hydrogens is 252 g/mol. The van der Waals surface area contributed by atoms with E-state index >= 15 is 0 Å². The van der Waals surface area contributed by atoms with Crippen LogP contribution in [0.4, 0.5) is 11.5 Å². The van der Waals surface area contributed by atoms with E-state index in [-0.39, 0.29) is 0 Å². The quantitative estimate of drug-likeness (QED) is 0.640. The Morgan fingerprint density at radius 3 is 2.70 bits per heavy atom. The van der Waals surface area contributed by atoms with Gasteiger partial charge in [-0.2, -0.15) is 4.98 Å². The van der Waals surface area contributed by atoms with Crippen molar-refractivity contribution in [2.24, 2.45) is 0 Å². The number of unbranched alkanes of at least 4 members (excludes halogenated alkanes) is 3. The van der Waals surface area contributed by atoms with Crippen LogP contribution in [0.5, 0.6) is 5.88 Å². The van der Waals surface area contributed by atoms with E-state index in [0.29, 0.717) is 30.0 Å². The van der Waals surface area contributed by atoms with Crippen LogP contribution < -0.4 is 15.8 Å². The number of aromatic nitrogens is 2. The van der Waals surface area contributed by atoms with Crippen LogP contribution in [-0.2, 0) is 0 Å². The summed E-state index contributed by atoms with van der Waals surface area (Å²) < 4.78 is 5.51. The van der Waals surface area contributed by atoms with Gasteiger partial charge in [-0.25, -0.2) is 4.98 Å². The summed E-state index contributed by atoms with van der Waals surface area (Å²) in [4.78, 5) is 8.28. The van der Waals surface area contributed by atoms with Crippen LogP contribution in [0.3, 0.4) is 0 Å². The summed E-state index contributed by atoms with van der Waals surface area (Å²) >= 11 is 0. The van der Waals surface area contributed by atoms with E-state index < -0.39 is 0 Å². The van der Waals surface area contributed by atoms with Gasteiger partial charge in [0.25, 0.3) is 0 Å². The van der Waals surface area contributed by atoms with Crippen molar-refractivity contribution < 1.29 is 4.74 Å². The third-order valence-electron chi connectivity index (χ3n) is 3.16. The highest BCUT2D eigenvalue weighted by molar-refractivity contribution is 5.66. The van der Waals surface area contributed by atoms with Crippen LogP contribution in [0.25, 0.3) is 0 Å². The molecule has 0 saturated heterocycles. The monoisotopic (exact) mass is 280 g/mol. The smallest absolute Gasteiger partial charge is 0.242 e. The topological polar surface area (TPSA) is 73.1 Å². The zero-order chi connectivity index (χ0) is 14.8. The van der Waals surface area contributed by atoms with Gasteiger partial charge in [0.1, 0.15) is 12.0 Å². The van der Waals surface area contributed by atoms with Gasteiger partial charge in [-0.1, -0.05) is 39.5 Å². The maximum Gasteiger partial charge on any atom is 0.242 e. The molecule has 5 heteroatoms. The Morgan fingerprint density at radius 2 is 2.00 bits per heavy atom. The van der Waals surface area contributed by atoms with Gasteiger partial charge in [-0.05, 0) is 19.8 Å². The molecule has 5 nitrogen and oxygen atoms in total. The van der Waals surface area contributed by atoms with E-state index in [4.69, 9.17) is 10.5 Å². The first-order valence-electron chi connectivity index (χ1n) is 7.68. The average Bonchev–Trinajstić information content (AvgIpc) is 2.44. The number of nitrogens with zero attached hydrogens (tertiary/aromatic N) is 2. The summed E-state index contributed by atoms with van der Waals surface area (Å²) in [7, 11) is 0. The standard InChI is InChI=1S/C15H28N4O/c1-4-6-7-8-9-12(3)19-14-13(16)15(18-11-17-14)20-10-5-2/h11-12H,4-10,16H2,1-3H3,(H,17,18,19). The molecule has 114 valence electrons. The maximum absolute atomic E-state index is 6.04. The van der Waals surface area contributed by atoms with E-state index in [1.54, 1.807) is 0 Å². The van der Waals surface area contributed by atoms with Crippen molar-refractivity contribution in [3.05, 3.63) is 6.33 Å². The number of nitrogen functional groups attached to an aromatic ring is 1. The Kier molecular flexibility index (Phi) is 7.77. The molecule has 0 aromatic carbocycles. The molecule has 0 aliphatic rings. The second-order valence-electron chi connectivity index (χ2n) is 5.18. The molecule has 0 amide bonds. The third-order valence-corrected chi connectivity index (χ3v) is 3.16. The Labute approximate surface area is 122 Å². The molecule has 1 rings (SSSR count). The summed E-state index contributed by atoms with van der Waals surface area (Å²) in [6.07, 6.45) is 8.62. The molecule has 1 atom stereocenters. The van der Waals surface area contributed by atoms with Gasteiger partial charge >= 0.3 is 0 Å². The molecule has 0 fully saturated rings. The minimum Gasteiger partial charge on any atom is -0.476 e. The number of nitrogens with two attached hydrogens (primary N) is 1. The molecule has 1 heterocycles. The molecule has 1 unspecified atom stereocenters. The molecule has 1 aromatic rings. The van der Waals surface area contributed by atoms with Gasteiger partial charge in [-0.15, -0.1) is 0 Å². The molecule has 20 heavy (non-hydrogen) atoms. The van der Waals surface area contributed by atoms with Crippen LogP contribution in [0.2, 0.25) is 0 Å². The first kappa shape index (κ1) is 16.5. The lowest BCUT2D eigenvalue weighted by Gasteiger charge is -2.16. The predicted octanol–water partition coefficient (Wildman–Crippen LogP) is 3.62. The molecule has 1 aromatic heterocycles. The minimum atomic E-state index is 0.350. The van der Waals surface area contributed by atoms with Gasteiger partial charge in [0.15, 0.2) is 5.82 Å². The first-order chi connectivity index (χ1) is 9.69. The molecule has 3 N–H and O–H groups in total. The van der Waals surface area contributed by atoms with Crippen molar-refractivity contribution in [2.75, 3.05) is 17.7 Å². The van der Waals surface area contributed by atoms with Crippen LogP contribution in [0.15, 0.2) is 6.33 Å². The largest absolute Gasteiger partial charge is 0.476 e. The van der Waals surface area contributed by atoms with Crippen molar-refractivity contribution in [3.63, 3.8) is 0 Å². The van der Waals surface area contributed by atoms with E-state index in [2.05, 4.69) is 36.1 Å². The molecule has 0 spiro atoms. The number of hydrogen-bond donors (Lipinski definition) is 2. The number of anilines is 2. The Hall–Kier alpha value is -1.52. The summed E-state index contributed by atoms with van der Waals surface area (Å²) in [6.45, 7) is 7.04. The summed E-state index contributed by atoms with van der Waals surface area (Å²) in [5.41, 5.74) is 6.54. The molecule has 0 radical (unpaired) electrons. The van der Waals surface area contributed by atoms with E-state index in [1.807, 2.05) is 0 Å². The zero-order valence-corrected chi connectivity index (χ0v) is 13.0. The van der Waals surface area contributed by atoms with Gasteiger partial charge in [0, 0.05) is 6.04 Å². The highest BCUT2D eigenvalue weighted by atomic mass is 16.5. The fourth-order valence-electron chi connectivity index (χ4n) is 1.99. The normalized spacial score (nSPS) is 12.2. The van der Waals surface area contributed by atoms with Crippen LogP contribution in [0.1, 0.15) is 59.3 Å². The van der Waals surface area contributed by atoms with Crippen molar-refractivity contribution in [2.45, 2.75) is 65.3 Å². The summed E-state index contributed by atoms with van der Waals surface area (Å²) in [5.74, 6) is 1.15. The van der Waals surface area contributed by atoms with Crippen LogP contribution in [0, 0.1) is 0 Å². The number of rotatable bonds is 10. The van der Waals surface area contributed by atoms with Crippen LogP contribution in [-0.4, -0.2) is 22.6 Å². The highest BCUT2D eigenvalue weighted by Crippen LogP contribution is 2.25. The number of hydrogen-bond acceptors (Lipinski definition) is 5. The second-order valence-corrected chi connectivity index (χ2v) is 5.18. The molecular formula is C15H28N4O. The Morgan fingerprint density at radius 1 is 1.20 bits per heavy atom. The van der Waals surface area contributed by atoms with Crippen molar-refractivity contribution in [1.82, 2.24) is 9.97 Å². The molecule has 0 aliphatic carbocycles. The van der Waals surface area contributed by atoms with Crippen molar-refractivity contribution >= 4 is 11.5 Å². The summed E-state index contributed by atoms with van der Waals surface area (Å²) in [6, 6.07) is 0.350. The minimum absolute atomic E-state index is 0.350. The lowest BCUT2D eigenvalue weighted by atomic mass is 10.1. The average molecular weight is 280 g/mol. The van der Waals surface area contributed by atoms with Crippen LogP contribution >= 0.6 is 0 Å². The maximum atomic E-state index is 6.04. The fourth-order valence-corrected chi connectivity index (χ4v) is 1.99. The number of nitrogens with one attached hydrogen (secondary N) is 1. The highest BCUT2D eigenvalue weighted by Gasteiger charge is 2.11. The van der Waals surface area contributed by atoms with E-state index in [1.165, 1.54) is 32.0 Å². The van der Waals surface area contributed by atoms with Crippen molar-refractivity contribution in [1.29, 1.82) is 0 Å².